The molecule has 3 nitrogen and oxygen atoms in total. The van der Waals surface area contributed by atoms with Crippen LogP contribution >= 0.6 is 0 Å². The Balaban J connectivity index is 2.05. The third-order valence-electron chi connectivity index (χ3n) is 4.38. The molecule has 2 aromatic rings. The summed E-state index contributed by atoms with van der Waals surface area (Å²) in [6.45, 7) is 4.23. The molecule has 0 fully saturated rings. The number of anilines is 2. The van der Waals surface area contributed by atoms with E-state index < -0.39 is 0 Å². The number of hydrogen-bond acceptors (Lipinski definition) is 2. The Morgan fingerprint density at radius 1 is 1.13 bits per heavy atom. The number of hydrogen-bond donors (Lipinski definition) is 1. The minimum absolute atomic E-state index is 0.0869. The first-order valence-electron chi connectivity index (χ1n) is 8.43. The van der Waals surface area contributed by atoms with Crippen LogP contribution in [0.15, 0.2) is 54.6 Å². The van der Waals surface area contributed by atoms with Gasteiger partial charge in [-0.2, -0.15) is 0 Å². The molecule has 0 bridgehead atoms. The first-order chi connectivity index (χ1) is 11.2. The van der Waals surface area contributed by atoms with E-state index in [-0.39, 0.29) is 11.9 Å². The number of nitrogens with one attached hydrogen (secondary N) is 1. The summed E-state index contributed by atoms with van der Waals surface area (Å²) in [6.07, 6.45) is 2.36. The monoisotopic (exact) mass is 308 g/mol. The van der Waals surface area contributed by atoms with Crippen molar-refractivity contribution >= 4 is 17.3 Å². The quantitative estimate of drug-likeness (QED) is 0.882. The van der Waals surface area contributed by atoms with Crippen molar-refractivity contribution < 1.29 is 4.79 Å². The summed E-state index contributed by atoms with van der Waals surface area (Å²) in [5, 5.41) is 3.53. The third-order valence-corrected chi connectivity index (χ3v) is 4.38. The van der Waals surface area contributed by atoms with Gasteiger partial charge in [-0.05, 0) is 43.5 Å². The summed E-state index contributed by atoms with van der Waals surface area (Å²) in [5.74, 6) is 0.201. The maximum absolute atomic E-state index is 12.9. The van der Waals surface area contributed by atoms with Gasteiger partial charge in [0.1, 0.15) is 0 Å². The van der Waals surface area contributed by atoms with Crippen LogP contribution in [0.1, 0.15) is 44.7 Å². The van der Waals surface area contributed by atoms with Gasteiger partial charge in [0, 0.05) is 23.8 Å². The Kier molecular flexibility index (Phi) is 4.65. The molecule has 120 valence electrons. The van der Waals surface area contributed by atoms with Gasteiger partial charge in [-0.1, -0.05) is 43.3 Å². The number of para-hydroxylation sites is 2. The highest BCUT2D eigenvalue weighted by atomic mass is 16.2. The fraction of sp³-hybridized carbons (Fsp3) is 0.350. The van der Waals surface area contributed by atoms with Crippen molar-refractivity contribution in [3.63, 3.8) is 0 Å². The van der Waals surface area contributed by atoms with Crippen LogP contribution in [0.5, 0.6) is 0 Å². The van der Waals surface area contributed by atoms with Gasteiger partial charge in [-0.3, -0.25) is 4.79 Å². The van der Waals surface area contributed by atoms with E-state index in [1.54, 1.807) is 0 Å². The SMILES string of the molecule is CCCC(=O)N(c1ccccc1)[C@@H]1C[C@@H](C)Nc2ccccc21. The molecular formula is C20H24N2O. The largest absolute Gasteiger partial charge is 0.382 e. The molecule has 23 heavy (non-hydrogen) atoms. The summed E-state index contributed by atoms with van der Waals surface area (Å²) in [6, 6.07) is 18.8. The first kappa shape index (κ1) is 15.6. The van der Waals surface area contributed by atoms with Gasteiger partial charge in [-0.15, -0.1) is 0 Å². The number of amides is 1. The molecule has 2 aromatic carbocycles. The average molecular weight is 308 g/mol. The molecule has 0 saturated carbocycles. The second kappa shape index (κ2) is 6.86. The van der Waals surface area contributed by atoms with Crippen LogP contribution in [-0.2, 0) is 4.79 Å². The Labute approximate surface area is 138 Å². The lowest BCUT2D eigenvalue weighted by molar-refractivity contribution is -0.119. The number of rotatable bonds is 4. The van der Waals surface area contributed by atoms with Gasteiger partial charge in [-0.25, -0.2) is 0 Å². The molecular weight excluding hydrogens is 284 g/mol. The van der Waals surface area contributed by atoms with Crippen LogP contribution in [0.25, 0.3) is 0 Å². The second-order valence-electron chi connectivity index (χ2n) is 6.23. The summed E-state index contributed by atoms with van der Waals surface area (Å²) < 4.78 is 0. The molecule has 0 spiro atoms. The molecule has 1 N–H and O–H groups in total. The zero-order valence-electron chi connectivity index (χ0n) is 13.8. The van der Waals surface area contributed by atoms with E-state index in [0.717, 1.165) is 24.2 Å². The second-order valence-corrected chi connectivity index (χ2v) is 6.23. The number of fused-ring (bicyclic) bond motifs is 1. The number of carbonyl (C=O) groups is 1. The van der Waals surface area contributed by atoms with E-state index in [4.69, 9.17) is 0 Å². The van der Waals surface area contributed by atoms with Crippen LogP contribution in [-0.4, -0.2) is 11.9 Å². The maximum Gasteiger partial charge on any atom is 0.227 e. The molecule has 1 aliphatic heterocycles. The molecule has 3 heteroatoms. The topological polar surface area (TPSA) is 32.3 Å². The van der Waals surface area contributed by atoms with Crippen LogP contribution in [0.4, 0.5) is 11.4 Å². The lowest BCUT2D eigenvalue weighted by Gasteiger charge is -2.39. The Bertz CT molecular complexity index is 668. The van der Waals surface area contributed by atoms with Gasteiger partial charge < -0.3 is 10.2 Å². The number of benzene rings is 2. The van der Waals surface area contributed by atoms with Crippen molar-refractivity contribution in [2.75, 3.05) is 10.2 Å². The van der Waals surface area contributed by atoms with E-state index in [1.807, 2.05) is 41.3 Å². The van der Waals surface area contributed by atoms with E-state index in [0.29, 0.717) is 12.5 Å². The van der Waals surface area contributed by atoms with Crippen LogP contribution in [0.3, 0.4) is 0 Å². The van der Waals surface area contributed by atoms with Crippen molar-refractivity contribution in [1.82, 2.24) is 0 Å². The fourth-order valence-electron chi connectivity index (χ4n) is 3.37. The van der Waals surface area contributed by atoms with Crippen LogP contribution in [0.2, 0.25) is 0 Å². The molecule has 0 aliphatic carbocycles. The predicted octanol–water partition coefficient (Wildman–Crippen LogP) is 4.77. The Morgan fingerprint density at radius 3 is 2.57 bits per heavy atom. The maximum atomic E-state index is 12.9. The van der Waals surface area contributed by atoms with Crippen LogP contribution in [0, 0.1) is 0 Å². The molecule has 2 atom stereocenters. The zero-order chi connectivity index (χ0) is 16.2. The first-order valence-corrected chi connectivity index (χ1v) is 8.43. The predicted molar refractivity (Wildman–Crippen MR) is 95.7 cm³/mol. The molecule has 1 aliphatic rings. The molecule has 0 radical (unpaired) electrons. The smallest absolute Gasteiger partial charge is 0.227 e. The van der Waals surface area contributed by atoms with E-state index >= 15 is 0 Å². The highest BCUT2D eigenvalue weighted by Gasteiger charge is 2.32. The Morgan fingerprint density at radius 2 is 1.83 bits per heavy atom. The van der Waals surface area contributed by atoms with Crippen molar-refractivity contribution in [2.24, 2.45) is 0 Å². The van der Waals surface area contributed by atoms with Gasteiger partial charge in [0.05, 0.1) is 6.04 Å². The molecule has 0 saturated heterocycles. The van der Waals surface area contributed by atoms with Gasteiger partial charge in [0.2, 0.25) is 5.91 Å². The minimum atomic E-state index is 0.0869. The van der Waals surface area contributed by atoms with E-state index in [9.17, 15) is 4.79 Å². The van der Waals surface area contributed by atoms with Crippen molar-refractivity contribution in [3.8, 4) is 0 Å². The number of carbonyl (C=O) groups excluding carboxylic acids is 1. The minimum Gasteiger partial charge on any atom is -0.382 e. The van der Waals surface area contributed by atoms with E-state index in [1.165, 1.54) is 5.56 Å². The molecule has 1 heterocycles. The third kappa shape index (κ3) is 3.24. The fourth-order valence-corrected chi connectivity index (χ4v) is 3.37. The van der Waals surface area contributed by atoms with Crippen molar-refractivity contribution in [1.29, 1.82) is 0 Å². The summed E-state index contributed by atoms with van der Waals surface area (Å²) in [5.41, 5.74) is 3.33. The normalized spacial score (nSPS) is 19.6. The highest BCUT2D eigenvalue weighted by Crippen LogP contribution is 2.39. The van der Waals surface area contributed by atoms with Gasteiger partial charge in [0.15, 0.2) is 0 Å². The summed E-state index contributed by atoms with van der Waals surface area (Å²) >= 11 is 0. The van der Waals surface area contributed by atoms with Gasteiger partial charge in [0.25, 0.3) is 0 Å². The zero-order valence-corrected chi connectivity index (χ0v) is 13.8. The Hall–Kier alpha value is -2.29. The van der Waals surface area contributed by atoms with Crippen molar-refractivity contribution in [3.05, 3.63) is 60.2 Å². The molecule has 0 aromatic heterocycles. The van der Waals surface area contributed by atoms with Crippen molar-refractivity contribution in [2.45, 2.75) is 45.2 Å². The lowest BCUT2D eigenvalue weighted by atomic mass is 9.91. The molecule has 1 amide bonds. The standard InChI is InChI=1S/C20H24N2O/c1-3-9-20(23)22(16-10-5-4-6-11-16)19-14-15(2)21-18-13-8-7-12-17(18)19/h4-8,10-13,15,19,21H,3,9,14H2,1-2H3/t15-,19-/m1/s1. The molecule has 0 unspecified atom stereocenters. The van der Waals surface area contributed by atoms with Crippen LogP contribution < -0.4 is 10.2 Å². The van der Waals surface area contributed by atoms with Gasteiger partial charge >= 0.3 is 0 Å². The summed E-state index contributed by atoms with van der Waals surface area (Å²) in [7, 11) is 0. The molecule has 3 rings (SSSR count). The average Bonchev–Trinajstić information content (AvgIpc) is 2.56. The lowest BCUT2D eigenvalue weighted by Crippen LogP contribution is -2.40. The number of nitrogens with zero attached hydrogens (tertiary/aromatic N) is 1. The summed E-state index contributed by atoms with van der Waals surface area (Å²) in [4.78, 5) is 14.9. The highest BCUT2D eigenvalue weighted by molar-refractivity contribution is 5.94. The van der Waals surface area contributed by atoms with E-state index in [2.05, 4.69) is 37.4 Å².